The van der Waals surface area contributed by atoms with Crippen LogP contribution in [0.15, 0.2) is 41.5 Å². The molecule has 0 aliphatic carbocycles. The maximum atomic E-state index is 12.4. The van der Waals surface area contributed by atoms with E-state index in [0.717, 1.165) is 0 Å². The number of nitrogens with two attached hydrogens (primary N) is 1. The smallest absolute Gasteiger partial charge is 0.276 e. The van der Waals surface area contributed by atoms with Crippen LogP contribution in [0.1, 0.15) is 32.9 Å². The van der Waals surface area contributed by atoms with Crippen molar-refractivity contribution in [1.29, 1.82) is 10.7 Å². The summed E-state index contributed by atoms with van der Waals surface area (Å²) in [5.41, 5.74) is 7.80. The summed E-state index contributed by atoms with van der Waals surface area (Å²) >= 11 is 0. The van der Waals surface area contributed by atoms with Gasteiger partial charge in [-0.15, -0.1) is 0 Å². The van der Waals surface area contributed by atoms with Crippen LogP contribution in [0, 0.1) is 23.7 Å². The minimum absolute atomic E-state index is 0.0157. The van der Waals surface area contributed by atoms with Crippen molar-refractivity contribution < 1.29 is 9.21 Å². The summed E-state index contributed by atoms with van der Waals surface area (Å²) < 4.78 is 4.96. The molecule has 3 aromatic heterocycles. The number of amides is 1. The van der Waals surface area contributed by atoms with E-state index in [0.29, 0.717) is 16.7 Å². The van der Waals surface area contributed by atoms with Crippen LogP contribution >= 0.6 is 0 Å². The van der Waals surface area contributed by atoms with E-state index >= 15 is 0 Å². The second kappa shape index (κ2) is 6.82. The Morgan fingerprint density at radius 2 is 2.15 bits per heavy atom. The highest BCUT2D eigenvalue weighted by Gasteiger charge is 2.16. The van der Waals surface area contributed by atoms with Crippen LogP contribution in [-0.4, -0.2) is 26.6 Å². The van der Waals surface area contributed by atoms with Gasteiger partial charge >= 0.3 is 0 Å². The molecule has 1 amide bonds. The predicted molar refractivity (Wildman–Crippen MR) is 92.7 cm³/mol. The summed E-state index contributed by atoms with van der Waals surface area (Å²) in [7, 11) is 0. The maximum absolute atomic E-state index is 12.4. The molecule has 0 atom stereocenters. The van der Waals surface area contributed by atoms with Crippen molar-refractivity contribution in [1.82, 2.24) is 15.0 Å². The van der Waals surface area contributed by atoms with Crippen LogP contribution in [-0.2, 0) is 0 Å². The number of aryl methyl sites for hydroxylation is 1. The highest BCUT2D eigenvalue weighted by Crippen LogP contribution is 2.16. The van der Waals surface area contributed by atoms with Gasteiger partial charge in [-0.3, -0.25) is 15.5 Å². The van der Waals surface area contributed by atoms with Gasteiger partial charge in [0.15, 0.2) is 0 Å². The zero-order valence-corrected chi connectivity index (χ0v) is 13.6. The number of anilines is 2. The van der Waals surface area contributed by atoms with Crippen LogP contribution in [0.4, 0.5) is 11.6 Å². The second-order valence-corrected chi connectivity index (χ2v) is 5.34. The van der Waals surface area contributed by atoms with E-state index in [9.17, 15) is 4.79 Å². The summed E-state index contributed by atoms with van der Waals surface area (Å²) in [6.07, 6.45) is 5.45. The Hall–Kier alpha value is -4.06. The second-order valence-electron chi connectivity index (χ2n) is 5.34. The van der Waals surface area contributed by atoms with E-state index in [-0.39, 0.29) is 28.7 Å². The highest BCUT2D eigenvalue weighted by molar-refractivity contribution is 6.12. The van der Waals surface area contributed by atoms with E-state index in [1.807, 2.05) is 6.07 Å². The number of carbonyl (C=O) groups is 1. The molecule has 0 aromatic carbocycles. The zero-order valence-electron chi connectivity index (χ0n) is 13.6. The first kappa shape index (κ1) is 16.8. The van der Waals surface area contributed by atoms with E-state index in [4.69, 9.17) is 20.8 Å². The quantitative estimate of drug-likeness (QED) is 0.609. The number of carbonyl (C=O) groups excluding carboxylic acids is 1. The lowest BCUT2D eigenvalue weighted by atomic mass is 10.1. The van der Waals surface area contributed by atoms with Gasteiger partial charge in [-0.25, -0.2) is 15.0 Å². The molecule has 0 unspecified atom stereocenters. The molecular formula is C17H13N7O2. The van der Waals surface area contributed by atoms with E-state index in [1.54, 1.807) is 19.1 Å². The molecule has 128 valence electrons. The van der Waals surface area contributed by atoms with Gasteiger partial charge in [-0.05, 0) is 24.6 Å². The Kier molecular flexibility index (Phi) is 4.40. The summed E-state index contributed by atoms with van der Waals surface area (Å²) in [5, 5.41) is 19.6. The van der Waals surface area contributed by atoms with Gasteiger partial charge in [0.25, 0.3) is 5.91 Å². The molecule has 3 aromatic rings. The van der Waals surface area contributed by atoms with Gasteiger partial charge in [0, 0.05) is 11.8 Å². The molecule has 0 radical (unpaired) electrons. The number of nitrogen functional groups attached to an aromatic ring is 1. The Morgan fingerprint density at radius 3 is 2.81 bits per heavy atom. The molecule has 9 nitrogen and oxygen atoms in total. The molecule has 0 spiro atoms. The average molecular weight is 347 g/mol. The molecule has 0 bridgehead atoms. The van der Waals surface area contributed by atoms with Crippen molar-refractivity contribution in [2.75, 3.05) is 11.1 Å². The molecule has 0 aliphatic rings. The van der Waals surface area contributed by atoms with Gasteiger partial charge < -0.3 is 10.2 Å². The first-order valence-corrected chi connectivity index (χ1v) is 7.41. The minimum Gasteiger partial charge on any atom is -0.472 e. The van der Waals surface area contributed by atoms with Gasteiger partial charge in [0.2, 0.25) is 5.95 Å². The third kappa shape index (κ3) is 3.25. The normalized spacial score (nSPS) is 10.2. The Bertz CT molecular complexity index is 1040. The van der Waals surface area contributed by atoms with Crippen LogP contribution < -0.4 is 11.1 Å². The number of pyridine rings is 1. The number of hydrogen-bond donors (Lipinski definition) is 3. The molecule has 9 heteroatoms. The number of nitrogens with one attached hydrogen (secondary N) is 2. The number of rotatable bonds is 4. The van der Waals surface area contributed by atoms with Crippen LogP contribution in [0.2, 0.25) is 0 Å². The van der Waals surface area contributed by atoms with Gasteiger partial charge in [0.05, 0.1) is 35.7 Å². The van der Waals surface area contributed by atoms with Crippen molar-refractivity contribution >= 4 is 23.3 Å². The SMILES string of the molecule is Cc1cc(C#N)cnc1C(=O)Nc1ncc(N)c(C(=N)c2ccoc2)n1. The minimum atomic E-state index is -0.530. The number of nitriles is 1. The number of furan rings is 1. The molecule has 3 heterocycles. The molecular weight excluding hydrogens is 334 g/mol. The van der Waals surface area contributed by atoms with Gasteiger partial charge in [0.1, 0.15) is 17.5 Å². The Morgan fingerprint density at radius 1 is 1.35 bits per heavy atom. The number of nitrogens with zero attached hydrogens (tertiary/aromatic N) is 4. The molecule has 3 rings (SSSR count). The van der Waals surface area contributed by atoms with Crippen molar-refractivity contribution in [3.8, 4) is 6.07 Å². The van der Waals surface area contributed by atoms with Gasteiger partial charge in [-0.2, -0.15) is 5.26 Å². The predicted octanol–water partition coefficient (Wildman–Crippen LogP) is 1.90. The lowest BCUT2D eigenvalue weighted by molar-refractivity contribution is 0.102. The van der Waals surface area contributed by atoms with E-state index < -0.39 is 5.91 Å². The fraction of sp³-hybridized carbons (Fsp3) is 0.0588. The zero-order chi connectivity index (χ0) is 18.7. The molecule has 0 saturated carbocycles. The number of aromatic nitrogens is 3. The molecule has 0 aliphatic heterocycles. The standard InChI is InChI=1S/C17H13N7O2/c1-9-4-10(5-18)6-21-14(9)16(25)24-17-22-7-12(19)15(23-17)13(20)11-2-3-26-8-11/h2-4,6-8,20H,19H2,1H3,(H,22,23,24,25). The molecule has 26 heavy (non-hydrogen) atoms. The van der Waals surface area contributed by atoms with Crippen LogP contribution in [0.5, 0.6) is 0 Å². The summed E-state index contributed by atoms with van der Waals surface area (Å²) in [4.78, 5) is 24.5. The fourth-order valence-electron chi connectivity index (χ4n) is 2.23. The van der Waals surface area contributed by atoms with E-state index in [2.05, 4.69) is 20.3 Å². The average Bonchev–Trinajstić information content (AvgIpc) is 3.17. The Labute approximate surface area is 148 Å². The third-order valence-electron chi connectivity index (χ3n) is 3.51. The monoisotopic (exact) mass is 347 g/mol. The Balaban J connectivity index is 1.87. The molecule has 4 N–H and O–H groups in total. The lowest BCUT2D eigenvalue weighted by Crippen LogP contribution is -2.19. The summed E-state index contributed by atoms with van der Waals surface area (Å²) in [5.74, 6) is -0.546. The van der Waals surface area contributed by atoms with Crippen molar-refractivity contribution in [3.63, 3.8) is 0 Å². The van der Waals surface area contributed by atoms with Crippen molar-refractivity contribution in [2.45, 2.75) is 6.92 Å². The van der Waals surface area contributed by atoms with Crippen molar-refractivity contribution in [2.24, 2.45) is 0 Å². The number of hydrogen-bond acceptors (Lipinski definition) is 8. The van der Waals surface area contributed by atoms with Gasteiger partial charge in [-0.1, -0.05) is 0 Å². The largest absolute Gasteiger partial charge is 0.472 e. The molecule has 0 fully saturated rings. The molecule has 0 saturated heterocycles. The first-order valence-electron chi connectivity index (χ1n) is 7.41. The van der Waals surface area contributed by atoms with Crippen LogP contribution in [0.3, 0.4) is 0 Å². The first-order chi connectivity index (χ1) is 12.5. The topological polar surface area (TPSA) is 155 Å². The summed E-state index contributed by atoms with van der Waals surface area (Å²) in [6.45, 7) is 1.67. The summed E-state index contributed by atoms with van der Waals surface area (Å²) in [6, 6.07) is 5.12. The maximum Gasteiger partial charge on any atom is 0.276 e. The fourth-order valence-corrected chi connectivity index (χ4v) is 2.23. The van der Waals surface area contributed by atoms with E-state index in [1.165, 1.54) is 24.9 Å². The highest BCUT2D eigenvalue weighted by atomic mass is 16.3. The third-order valence-corrected chi connectivity index (χ3v) is 3.51. The van der Waals surface area contributed by atoms with Crippen LogP contribution in [0.25, 0.3) is 0 Å². The van der Waals surface area contributed by atoms with Crippen molar-refractivity contribution in [3.05, 3.63) is 65.1 Å². The lowest BCUT2D eigenvalue weighted by Gasteiger charge is -2.09.